The van der Waals surface area contributed by atoms with Crippen molar-refractivity contribution < 1.29 is 9.53 Å². The Hall–Kier alpha value is -1.52. The number of aryl methyl sites for hydroxylation is 1. The predicted molar refractivity (Wildman–Crippen MR) is 92.4 cm³/mol. The number of carbonyl (C=O) groups excluding carboxylic acids is 1. The van der Waals surface area contributed by atoms with Crippen LogP contribution in [0.2, 0.25) is 5.02 Å². The first-order valence-corrected chi connectivity index (χ1v) is 8.07. The summed E-state index contributed by atoms with van der Waals surface area (Å²) in [6.45, 7) is 3.90. The number of halogens is 2. The molecule has 2 aromatic carbocycles. The molecule has 0 heterocycles. The van der Waals surface area contributed by atoms with Crippen molar-refractivity contribution in [3.8, 4) is 5.75 Å². The molecule has 3 nitrogen and oxygen atoms in total. The minimum atomic E-state index is -0.185. The van der Waals surface area contributed by atoms with Gasteiger partial charge in [-0.15, -0.1) is 0 Å². The maximum atomic E-state index is 12.0. The van der Waals surface area contributed by atoms with Gasteiger partial charge in [-0.2, -0.15) is 0 Å². The minimum absolute atomic E-state index is 0.0716. The third-order valence-electron chi connectivity index (χ3n) is 3.29. The van der Waals surface area contributed by atoms with Crippen LogP contribution in [0, 0.1) is 6.92 Å². The number of hydrogen-bond acceptors (Lipinski definition) is 2. The summed E-state index contributed by atoms with van der Waals surface area (Å²) in [7, 11) is 0. The molecule has 0 spiro atoms. The topological polar surface area (TPSA) is 38.3 Å². The monoisotopic (exact) mass is 381 g/mol. The first-order chi connectivity index (χ1) is 10.5. The quantitative estimate of drug-likeness (QED) is 0.816. The molecule has 116 valence electrons. The van der Waals surface area contributed by atoms with Gasteiger partial charge in [0.1, 0.15) is 5.75 Å². The van der Waals surface area contributed by atoms with Gasteiger partial charge in [0.15, 0.2) is 6.61 Å². The Balaban J connectivity index is 1.92. The standard InChI is InChI=1S/C17H17BrClNO2/c1-11-5-3-4-6-14(11)12(2)20-17(21)10-22-16-8-7-13(18)9-15(16)19/h3-9,12H,10H2,1-2H3,(H,20,21). The Kier molecular flexibility index (Phi) is 5.86. The van der Waals surface area contributed by atoms with Gasteiger partial charge in [0.25, 0.3) is 5.91 Å². The number of benzene rings is 2. The molecule has 0 aromatic heterocycles. The van der Waals surface area contributed by atoms with Gasteiger partial charge in [0.05, 0.1) is 11.1 Å². The maximum absolute atomic E-state index is 12.0. The van der Waals surface area contributed by atoms with Crippen molar-refractivity contribution in [2.24, 2.45) is 0 Å². The van der Waals surface area contributed by atoms with E-state index >= 15 is 0 Å². The average Bonchev–Trinajstić information content (AvgIpc) is 2.46. The summed E-state index contributed by atoms with van der Waals surface area (Å²) in [5.41, 5.74) is 2.24. The molecule has 1 atom stereocenters. The van der Waals surface area contributed by atoms with Gasteiger partial charge in [-0.25, -0.2) is 0 Å². The van der Waals surface area contributed by atoms with E-state index in [1.165, 1.54) is 0 Å². The third-order valence-corrected chi connectivity index (χ3v) is 4.07. The highest BCUT2D eigenvalue weighted by molar-refractivity contribution is 9.10. The largest absolute Gasteiger partial charge is 0.482 e. The number of hydrogen-bond donors (Lipinski definition) is 1. The van der Waals surface area contributed by atoms with Gasteiger partial charge < -0.3 is 10.1 Å². The first-order valence-electron chi connectivity index (χ1n) is 6.90. The fourth-order valence-electron chi connectivity index (χ4n) is 2.17. The fraction of sp³-hybridized carbons (Fsp3) is 0.235. The molecule has 0 aliphatic heterocycles. The predicted octanol–water partition coefficient (Wildman–Crippen LogP) is 4.67. The van der Waals surface area contributed by atoms with E-state index in [4.69, 9.17) is 16.3 Å². The van der Waals surface area contributed by atoms with E-state index in [0.29, 0.717) is 10.8 Å². The fourth-order valence-corrected chi connectivity index (χ4v) is 2.90. The van der Waals surface area contributed by atoms with E-state index in [-0.39, 0.29) is 18.6 Å². The second-order valence-electron chi connectivity index (χ2n) is 5.01. The van der Waals surface area contributed by atoms with E-state index in [9.17, 15) is 4.79 Å². The molecule has 0 aliphatic carbocycles. The van der Waals surface area contributed by atoms with Gasteiger partial charge in [0, 0.05) is 4.47 Å². The van der Waals surface area contributed by atoms with Crippen LogP contribution in [0.15, 0.2) is 46.9 Å². The zero-order valence-electron chi connectivity index (χ0n) is 12.4. The molecule has 0 radical (unpaired) electrons. The van der Waals surface area contributed by atoms with Crippen LogP contribution in [0.25, 0.3) is 0 Å². The molecule has 1 unspecified atom stereocenters. The Bertz CT molecular complexity index is 675. The Labute approximate surface area is 143 Å². The summed E-state index contributed by atoms with van der Waals surface area (Å²) in [6, 6.07) is 13.2. The molecule has 5 heteroatoms. The van der Waals surface area contributed by atoms with Gasteiger partial charge in [-0.3, -0.25) is 4.79 Å². The molecule has 2 aromatic rings. The SMILES string of the molecule is Cc1ccccc1C(C)NC(=O)COc1ccc(Br)cc1Cl. The lowest BCUT2D eigenvalue weighted by molar-refractivity contribution is -0.123. The summed E-state index contributed by atoms with van der Waals surface area (Å²) < 4.78 is 6.32. The molecule has 0 saturated carbocycles. The van der Waals surface area contributed by atoms with Gasteiger partial charge in [-0.1, -0.05) is 51.8 Å². The minimum Gasteiger partial charge on any atom is -0.482 e. The zero-order chi connectivity index (χ0) is 16.1. The van der Waals surface area contributed by atoms with Crippen LogP contribution in [0.1, 0.15) is 24.1 Å². The summed E-state index contributed by atoms with van der Waals surface area (Å²) >= 11 is 9.37. The highest BCUT2D eigenvalue weighted by Gasteiger charge is 2.12. The van der Waals surface area contributed by atoms with Crippen molar-refractivity contribution in [3.05, 3.63) is 63.1 Å². The number of nitrogens with one attached hydrogen (secondary N) is 1. The highest BCUT2D eigenvalue weighted by Crippen LogP contribution is 2.27. The third kappa shape index (κ3) is 4.49. The number of rotatable bonds is 5. The van der Waals surface area contributed by atoms with Gasteiger partial charge in [0.2, 0.25) is 0 Å². The van der Waals surface area contributed by atoms with Crippen molar-refractivity contribution in [3.63, 3.8) is 0 Å². The van der Waals surface area contributed by atoms with Crippen molar-refractivity contribution in [2.45, 2.75) is 19.9 Å². The number of ether oxygens (including phenoxy) is 1. The Morgan fingerprint density at radius 3 is 2.73 bits per heavy atom. The number of amides is 1. The van der Waals surface area contributed by atoms with Crippen molar-refractivity contribution >= 4 is 33.4 Å². The van der Waals surface area contributed by atoms with Crippen molar-refractivity contribution in [1.29, 1.82) is 0 Å². The normalized spacial score (nSPS) is 11.8. The van der Waals surface area contributed by atoms with E-state index in [2.05, 4.69) is 21.2 Å². The number of carbonyl (C=O) groups is 1. The van der Waals surface area contributed by atoms with Crippen LogP contribution in [-0.4, -0.2) is 12.5 Å². The lowest BCUT2D eigenvalue weighted by Gasteiger charge is -2.17. The van der Waals surface area contributed by atoms with Crippen molar-refractivity contribution in [1.82, 2.24) is 5.32 Å². The first kappa shape index (κ1) is 16.8. The molecule has 0 fully saturated rings. The highest BCUT2D eigenvalue weighted by atomic mass is 79.9. The average molecular weight is 383 g/mol. The van der Waals surface area contributed by atoms with Crippen LogP contribution in [-0.2, 0) is 4.79 Å². The second-order valence-corrected chi connectivity index (χ2v) is 6.33. The lowest BCUT2D eigenvalue weighted by Crippen LogP contribution is -2.31. The zero-order valence-corrected chi connectivity index (χ0v) is 14.7. The van der Waals surface area contributed by atoms with Crippen LogP contribution in [0.5, 0.6) is 5.75 Å². The summed E-state index contributed by atoms with van der Waals surface area (Å²) in [6.07, 6.45) is 0. The molecule has 2 rings (SSSR count). The second kappa shape index (κ2) is 7.65. The van der Waals surface area contributed by atoms with E-state index in [1.54, 1.807) is 12.1 Å². The molecule has 22 heavy (non-hydrogen) atoms. The smallest absolute Gasteiger partial charge is 0.258 e. The molecule has 0 saturated heterocycles. The molecular formula is C17H17BrClNO2. The molecule has 1 amide bonds. The molecule has 0 bridgehead atoms. The summed E-state index contributed by atoms with van der Waals surface area (Å²) in [5.74, 6) is 0.304. The van der Waals surface area contributed by atoms with E-state index < -0.39 is 0 Å². The molecule has 1 N–H and O–H groups in total. The van der Waals surface area contributed by atoms with E-state index in [1.807, 2.05) is 44.2 Å². The van der Waals surface area contributed by atoms with Crippen LogP contribution < -0.4 is 10.1 Å². The Morgan fingerprint density at radius 1 is 1.32 bits per heavy atom. The maximum Gasteiger partial charge on any atom is 0.258 e. The van der Waals surface area contributed by atoms with Gasteiger partial charge in [-0.05, 0) is 43.2 Å². The lowest BCUT2D eigenvalue weighted by atomic mass is 10.0. The summed E-state index contributed by atoms with van der Waals surface area (Å²) in [5, 5.41) is 3.39. The molecule has 0 aliphatic rings. The summed E-state index contributed by atoms with van der Waals surface area (Å²) in [4.78, 5) is 12.0. The van der Waals surface area contributed by atoms with Crippen molar-refractivity contribution in [2.75, 3.05) is 6.61 Å². The van der Waals surface area contributed by atoms with Crippen LogP contribution in [0.4, 0.5) is 0 Å². The van der Waals surface area contributed by atoms with Crippen LogP contribution in [0.3, 0.4) is 0 Å². The van der Waals surface area contributed by atoms with Gasteiger partial charge >= 0.3 is 0 Å². The van der Waals surface area contributed by atoms with Crippen LogP contribution >= 0.6 is 27.5 Å². The Morgan fingerprint density at radius 2 is 2.05 bits per heavy atom. The van der Waals surface area contributed by atoms with E-state index in [0.717, 1.165) is 15.6 Å². The molecular weight excluding hydrogens is 366 g/mol.